The van der Waals surface area contributed by atoms with Crippen LogP contribution in [-0.4, -0.2) is 4.98 Å². The van der Waals surface area contributed by atoms with E-state index in [1.165, 1.54) is 4.88 Å². The number of nitrogens with zero attached hydrogens (tertiary/aromatic N) is 1. The van der Waals surface area contributed by atoms with Gasteiger partial charge in [-0.2, -0.15) is 0 Å². The zero-order valence-electron chi connectivity index (χ0n) is 9.14. The van der Waals surface area contributed by atoms with Crippen molar-refractivity contribution in [2.45, 2.75) is 20.1 Å². The molecule has 2 rings (SSSR count). The molecular weight excluding hydrogens is 220 g/mol. The normalized spacial score (nSPS) is 10.4. The van der Waals surface area contributed by atoms with Gasteiger partial charge in [0.1, 0.15) is 6.61 Å². The number of hydrogen-bond acceptors (Lipinski definition) is 4. The zero-order valence-corrected chi connectivity index (χ0v) is 9.96. The first-order valence-electron chi connectivity index (χ1n) is 5.11. The third-order valence-electron chi connectivity index (χ3n) is 2.39. The maximum Gasteiger partial charge on any atom is 0.218 e. The quantitative estimate of drug-likeness (QED) is 0.884. The Balaban J connectivity index is 2.12. The molecule has 0 aliphatic carbocycles. The summed E-state index contributed by atoms with van der Waals surface area (Å²) in [5.41, 5.74) is 7.79. The van der Waals surface area contributed by atoms with Gasteiger partial charge in [-0.15, -0.1) is 11.3 Å². The van der Waals surface area contributed by atoms with Crippen molar-refractivity contribution in [3.63, 3.8) is 0 Å². The Morgan fingerprint density at radius 2 is 2.31 bits per heavy atom. The second-order valence-corrected chi connectivity index (χ2v) is 4.52. The molecule has 2 heterocycles. The van der Waals surface area contributed by atoms with Crippen molar-refractivity contribution in [2.75, 3.05) is 0 Å². The van der Waals surface area contributed by atoms with E-state index >= 15 is 0 Å². The predicted octanol–water partition coefficient (Wildman–Crippen LogP) is 2.49. The Kier molecular flexibility index (Phi) is 3.54. The van der Waals surface area contributed by atoms with Crippen molar-refractivity contribution in [3.8, 4) is 5.88 Å². The van der Waals surface area contributed by atoms with Gasteiger partial charge < -0.3 is 10.5 Å². The van der Waals surface area contributed by atoms with E-state index in [2.05, 4.69) is 4.98 Å². The van der Waals surface area contributed by atoms with Crippen LogP contribution in [0, 0.1) is 6.92 Å². The van der Waals surface area contributed by atoms with Crippen LogP contribution < -0.4 is 10.5 Å². The number of nitrogens with two attached hydrogens (primary N) is 1. The average molecular weight is 234 g/mol. The van der Waals surface area contributed by atoms with Crippen LogP contribution in [0.4, 0.5) is 0 Å². The molecule has 0 unspecified atom stereocenters. The molecular formula is C12H14N2OS. The molecule has 0 saturated heterocycles. The second kappa shape index (κ2) is 5.09. The van der Waals surface area contributed by atoms with Gasteiger partial charge in [-0.05, 0) is 30.0 Å². The van der Waals surface area contributed by atoms with E-state index in [0.29, 0.717) is 19.0 Å². The Hall–Kier alpha value is -1.39. The minimum Gasteiger partial charge on any atom is -0.472 e. The number of ether oxygens (including phenoxy) is 1. The summed E-state index contributed by atoms with van der Waals surface area (Å²) in [5, 5.41) is 2.03. The molecule has 0 spiro atoms. The van der Waals surface area contributed by atoms with Gasteiger partial charge in [0.05, 0.1) is 0 Å². The summed E-state index contributed by atoms with van der Waals surface area (Å²) in [6.45, 7) is 3.03. The molecule has 2 aromatic rings. The number of rotatable bonds is 4. The van der Waals surface area contributed by atoms with Crippen LogP contribution in [0.15, 0.2) is 29.8 Å². The highest BCUT2D eigenvalue weighted by atomic mass is 32.1. The zero-order chi connectivity index (χ0) is 11.4. The van der Waals surface area contributed by atoms with Crippen molar-refractivity contribution < 1.29 is 4.74 Å². The van der Waals surface area contributed by atoms with Gasteiger partial charge in [0.2, 0.25) is 5.88 Å². The molecule has 0 fully saturated rings. The molecule has 0 amide bonds. The van der Waals surface area contributed by atoms with Crippen molar-refractivity contribution >= 4 is 11.3 Å². The predicted molar refractivity (Wildman–Crippen MR) is 65.5 cm³/mol. The average Bonchev–Trinajstić information content (AvgIpc) is 2.79. The molecule has 2 N–H and O–H groups in total. The third-order valence-corrected chi connectivity index (χ3v) is 3.24. The summed E-state index contributed by atoms with van der Waals surface area (Å²) in [5.74, 6) is 0.649. The Morgan fingerprint density at radius 1 is 1.44 bits per heavy atom. The highest BCUT2D eigenvalue weighted by Crippen LogP contribution is 2.20. The first-order chi connectivity index (χ1) is 7.81. The van der Waals surface area contributed by atoms with Gasteiger partial charge in [-0.25, -0.2) is 4.98 Å². The second-order valence-electron chi connectivity index (χ2n) is 3.48. The van der Waals surface area contributed by atoms with Crippen LogP contribution in [0.2, 0.25) is 0 Å². The monoisotopic (exact) mass is 234 g/mol. The summed E-state index contributed by atoms with van der Waals surface area (Å²) >= 11 is 1.68. The maximum atomic E-state index is 5.68. The lowest BCUT2D eigenvalue weighted by Crippen LogP contribution is -2.05. The van der Waals surface area contributed by atoms with Crippen LogP contribution in [0.5, 0.6) is 5.88 Å². The number of aromatic nitrogens is 1. The van der Waals surface area contributed by atoms with Gasteiger partial charge in [0.25, 0.3) is 0 Å². The van der Waals surface area contributed by atoms with Crippen LogP contribution in [-0.2, 0) is 13.2 Å². The number of thiophene rings is 1. The molecule has 0 aromatic carbocycles. The molecule has 0 aliphatic rings. The molecule has 16 heavy (non-hydrogen) atoms. The minimum absolute atomic E-state index is 0.458. The summed E-state index contributed by atoms with van der Waals surface area (Å²) in [6.07, 6.45) is 1.75. The molecule has 0 atom stereocenters. The fourth-order valence-corrected chi connectivity index (χ4v) is 2.09. The smallest absolute Gasteiger partial charge is 0.218 e. The molecule has 0 aliphatic heterocycles. The van der Waals surface area contributed by atoms with E-state index in [9.17, 15) is 0 Å². The van der Waals surface area contributed by atoms with Gasteiger partial charge in [-0.3, -0.25) is 0 Å². The summed E-state index contributed by atoms with van der Waals surface area (Å²) < 4.78 is 5.67. The van der Waals surface area contributed by atoms with Crippen molar-refractivity contribution in [1.82, 2.24) is 4.98 Å². The Labute approximate surface area is 98.9 Å². The number of hydrogen-bond donors (Lipinski definition) is 1. The molecule has 0 radical (unpaired) electrons. The van der Waals surface area contributed by atoms with Gasteiger partial charge in [0, 0.05) is 23.2 Å². The highest BCUT2D eigenvalue weighted by molar-refractivity contribution is 7.09. The fraction of sp³-hybridized carbons (Fsp3) is 0.250. The van der Waals surface area contributed by atoms with E-state index in [1.54, 1.807) is 17.5 Å². The number of pyridine rings is 1. The largest absolute Gasteiger partial charge is 0.472 e. The fourth-order valence-electron chi connectivity index (χ4n) is 1.47. The van der Waals surface area contributed by atoms with E-state index in [4.69, 9.17) is 10.5 Å². The molecule has 2 aromatic heterocycles. The Bertz CT molecular complexity index is 454. The van der Waals surface area contributed by atoms with Crippen molar-refractivity contribution in [3.05, 3.63) is 45.8 Å². The van der Waals surface area contributed by atoms with Crippen molar-refractivity contribution in [2.24, 2.45) is 5.73 Å². The highest BCUT2D eigenvalue weighted by Gasteiger charge is 2.06. The van der Waals surface area contributed by atoms with E-state index in [-0.39, 0.29) is 0 Å². The SMILES string of the molecule is Cc1ccnc(OCc2cccs2)c1CN. The van der Waals surface area contributed by atoms with E-state index in [1.807, 2.05) is 30.5 Å². The minimum atomic E-state index is 0.458. The van der Waals surface area contributed by atoms with Gasteiger partial charge in [0.15, 0.2) is 0 Å². The molecule has 3 nitrogen and oxygen atoms in total. The summed E-state index contributed by atoms with van der Waals surface area (Å²) in [6, 6.07) is 6.00. The first-order valence-corrected chi connectivity index (χ1v) is 5.99. The first kappa shape index (κ1) is 11.1. The lowest BCUT2D eigenvalue weighted by atomic mass is 10.1. The molecule has 0 saturated carbocycles. The topological polar surface area (TPSA) is 48.1 Å². The van der Waals surface area contributed by atoms with E-state index < -0.39 is 0 Å². The van der Waals surface area contributed by atoms with E-state index in [0.717, 1.165) is 11.1 Å². The lowest BCUT2D eigenvalue weighted by molar-refractivity contribution is 0.293. The van der Waals surface area contributed by atoms with Crippen LogP contribution in [0.1, 0.15) is 16.0 Å². The third kappa shape index (κ3) is 2.40. The summed E-state index contributed by atoms with van der Waals surface area (Å²) in [7, 11) is 0. The molecule has 0 bridgehead atoms. The van der Waals surface area contributed by atoms with Crippen LogP contribution in [0.25, 0.3) is 0 Å². The van der Waals surface area contributed by atoms with Crippen LogP contribution in [0.3, 0.4) is 0 Å². The standard InChI is InChI=1S/C12H14N2OS/c1-9-4-5-14-12(11(9)7-13)15-8-10-3-2-6-16-10/h2-6H,7-8,13H2,1H3. The Morgan fingerprint density at radius 3 is 3.00 bits per heavy atom. The molecule has 4 heteroatoms. The van der Waals surface area contributed by atoms with Gasteiger partial charge in [-0.1, -0.05) is 6.07 Å². The summed E-state index contributed by atoms with van der Waals surface area (Å²) in [4.78, 5) is 5.40. The lowest BCUT2D eigenvalue weighted by Gasteiger charge is -2.10. The molecule has 84 valence electrons. The van der Waals surface area contributed by atoms with Crippen molar-refractivity contribution in [1.29, 1.82) is 0 Å². The van der Waals surface area contributed by atoms with Crippen LogP contribution >= 0.6 is 11.3 Å². The van der Waals surface area contributed by atoms with Gasteiger partial charge >= 0.3 is 0 Å². The number of aryl methyl sites for hydroxylation is 1. The maximum absolute atomic E-state index is 5.68.